The van der Waals surface area contributed by atoms with Gasteiger partial charge in [0, 0.05) is 26.6 Å². The molecule has 1 aliphatic rings. The van der Waals surface area contributed by atoms with Crippen LogP contribution in [0.5, 0.6) is 0 Å². The van der Waals surface area contributed by atoms with Gasteiger partial charge >= 0.3 is 12.0 Å². The molecular weight excluding hydrogens is 238 g/mol. The summed E-state index contributed by atoms with van der Waals surface area (Å²) < 4.78 is 1.46. The molecule has 98 valence electrons. The highest BCUT2D eigenvalue weighted by atomic mass is 16.4. The number of urea groups is 1. The first-order valence-electron chi connectivity index (χ1n) is 5.68. The van der Waals surface area contributed by atoms with Crippen molar-refractivity contribution in [2.45, 2.75) is 12.8 Å². The topological polar surface area (TPSA) is 100 Å². The maximum Gasteiger partial charge on any atom is 0.324 e. The zero-order chi connectivity index (χ0) is 13.1. The number of carbonyl (C=O) groups excluding carboxylic acids is 1. The van der Waals surface area contributed by atoms with Crippen LogP contribution >= 0.6 is 0 Å². The number of carbonyl (C=O) groups is 2. The number of rotatable bonds is 3. The molecule has 1 aromatic rings. The minimum Gasteiger partial charge on any atom is -0.481 e. The van der Waals surface area contributed by atoms with E-state index in [1.165, 1.54) is 11.0 Å². The van der Waals surface area contributed by atoms with Crippen molar-refractivity contribution in [2.75, 3.05) is 18.4 Å². The fourth-order valence-electron chi connectivity index (χ4n) is 2.01. The highest BCUT2D eigenvalue weighted by Gasteiger charge is 2.28. The Morgan fingerprint density at radius 2 is 2.39 bits per heavy atom. The summed E-state index contributed by atoms with van der Waals surface area (Å²) in [6.07, 6.45) is 2.18. The van der Waals surface area contributed by atoms with Gasteiger partial charge in [-0.25, -0.2) is 9.48 Å². The van der Waals surface area contributed by atoms with Crippen molar-refractivity contribution in [2.24, 2.45) is 13.0 Å². The molecule has 0 radical (unpaired) electrons. The molecule has 2 heterocycles. The van der Waals surface area contributed by atoms with Gasteiger partial charge in [0.15, 0.2) is 0 Å². The lowest BCUT2D eigenvalue weighted by Crippen LogP contribution is -2.34. The lowest BCUT2D eigenvalue weighted by molar-refractivity contribution is -0.138. The molecule has 0 spiro atoms. The van der Waals surface area contributed by atoms with Crippen LogP contribution in [0.3, 0.4) is 0 Å². The maximum absolute atomic E-state index is 11.9. The Hall–Kier alpha value is -2.12. The number of aromatic nitrogens is 3. The predicted molar refractivity (Wildman–Crippen MR) is 62.0 cm³/mol. The van der Waals surface area contributed by atoms with Crippen LogP contribution in [0.1, 0.15) is 12.8 Å². The van der Waals surface area contributed by atoms with E-state index in [0.717, 1.165) is 6.42 Å². The molecule has 2 amide bonds. The number of aryl methyl sites for hydroxylation is 1. The van der Waals surface area contributed by atoms with Crippen molar-refractivity contribution >= 4 is 17.9 Å². The molecule has 0 aromatic carbocycles. The minimum atomic E-state index is -0.824. The molecule has 1 fully saturated rings. The average Bonchev–Trinajstić information content (AvgIpc) is 2.88. The molecule has 1 unspecified atom stereocenters. The Morgan fingerprint density at radius 1 is 1.61 bits per heavy atom. The van der Waals surface area contributed by atoms with Crippen LogP contribution in [0.15, 0.2) is 6.33 Å². The standard InChI is InChI=1S/C10H15N5O3/c1-14-9(11-6-12-14)13-10(18)15-3-2-7(5-15)4-8(16)17/h6-7H,2-5H2,1H3,(H,16,17)(H,11,12,13,18). The number of anilines is 1. The summed E-state index contributed by atoms with van der Waals surface area (Å²) in [5, 5.41) is 15.2. The second-order valence-electron chi connectivity index (χ2n) is 4.34. The Bertz CT molecular complexity index is 458. The molecule has 1 aromatic heterocycles. The molecule has 1 saturated heterocycles. The first kappa shape index (κ1) is 12.3. The summed E-state index contributed by atoms with van der Waals surface area (Å²) in [7, 11) is 1.68. The monoisotopic (exact) mass is 253 g/mol. The lowest BCUT2D eigenvalue weighted by atomic mass is 10.1. The van der Waals surface area contributed by atoms with Crippen molar-refractivity contribution < 1.29 is 14.7 Å². The van der Waals surface area contributed by atoms with E-state index in [2.05, 4.69) is 15.4 Å². The summed E-state index contributed by atoms with van der Waals surface area (Å²) in [4.78, 5) is 28.0. The van der Waals surface area contributed by atoms with Gasteiger partial charge < -0.3 is 10.0 Å². The van der Waals surface area contributed by atoms with Crippen LogP contribution in [0, 0.1) is 5.92 Å². The van der Waals surface area contributed by atoms with Crippen molar-refractivity contribution in [3.63, 3.8) is 0 Å². The van der Waals surface area contributed by atoms with Gasteiger partial charge in [0.1, 0.15) is 6.33 Å². The number of hydrogen-bond donors (Lipinski definition) is 2. The molecular formula is C10H15N5O3. The number of aliphatic carboxylic acids is 1. The highest BCUT2D eigenvalue weighted by Crippen LogP contribution is 2.20. The quantitative estimate of drug-likeness (QED) is 0.798. The smallest absolute Gasteiger partial charge is 0.324 e. The van der Waals surface area contributed by atoms with E-state index in [-0.39, 0.29) is 18.4 Å². The lowest BCUT2D eigenvalue weighted by Gasteiger charge is -2.16. The van der Waals surface area contributed by atoms with E-state index in [0.29, 0.717) is 19.0 Å². The van der Waals surface area contributed by atoms with Crippen molar-refractivity contribution in [3.8, 4) is 0 Å². The van der Waals surface area contributed by atoms with Crippen LogP contribution in [-0.4, -0.2) is 49.9 Å². The number of hydrogen-bond acceptors (Lipinski definition) is 4. The Kier molecular flexibility index (Phi) is 3.45. The van der Waals surface area contributed by atoms with Gasteiger partial charge in [-0.05, 0) is 12.3 Å². The van der Waals surface area contributed by atoms with E-state index in [9.17, 15) is 9.59 Å². The Balaban J connectivity index is 1.88. The molecule has 0 aliphatic carbocycles. The maximum atomic E-state index is 11.9. The molecule has 0 bridgehead atoms. The number of likely N-dealkylation sites (tertiary alicyclic amines) is 1. The highest BCUT2D eigenvalue weighted by molar-refractivity contribution is 5.87. The van der Waals surface area contributed by atoms with Crippen LogP contribution in [0.4, 0.5) is 10.7 Å². The zero-order valence-electron chi connectivity index (χ0n) is 10.0. The van der Waals surface area contributed by atoms with E-state index in [1.807, 2.05) is 0 Å². The van der Waals surface area contributed by atoms with Crippen LogP contribution in [0.25, 0.3) is 0 Å². The summed E-state index contributed by atoms with van der Waals surface area (Å²) in [5.74, 6) is -0.412. The second kappa shape index (κ2) is 5.03. The molecule has 8 nitrogen and oxygen atoms in total. The van der Waals surface area contributed by atoms with Gasteiger partial charge in [-0.15, -0.1) is 0 Å². The van der Waals surface area contributed by atoms with Gasteiger partial charge in [0.2, 0.25) is 5.95 Å². The summed E-state index contributed by atoms with van der Waals surface area (Å²) >= 11 is 0. The van der Waals surface area contributed by atoms with Gasteiger partial charge in [-0.2, -0.15) is 10.1 Å². The first-order chi connectivity index (χ1) is 8.56. The third-order valence-corrected chi connectivity index (χ3v) is 2.97. The van der Waals surface area contributed by atoms with Gasteiger partial charge in [-0.3, -0.25) is 10.1 Å². The van der Waals surface area contributed by atoms with Gasteiger partial charge in [0.05, 0.1) is 0 Å². The van der Waals surface area contributed by atoms with Crippen LogP contribution in [0.2, 0.25) is 0 Å². The van der Waals surface area contributed by atoms with Gasteiger partial charge in [0.25, 0.3) is 0 Å². The number of carboxylic acid groups (broad SMARTS) is 1. The van der Waals surface area contributed by atoms with E-state index in [1.54, 1.807) is 11.9 Å². The van der Waals surface area contributed by atoms with Crippen LogP contribution < -0.4 is 5.32 Å². The molecule has 18 heavy (non-hydrogen) atoms. The van der Waals surface area contributed by atoms with Crippen molar-refractivity contribution in [1.82, 2.24) is 19.7 Å². The molecule has 1 aliphatic heterocycles. The number of carboxylic acids is 1. The number of amides is 2. The predicted octanol–water partition coefficient (Wildman–Crippen LogP) is 0.144. The zero-order valence-corrected chi connectivity index (χ0v) is 10.0. The van der Waals surface area contributed by atoms with Crippen molar-refractivity contribution in [3.05, 3.63) is 6.33 Å². The van der Waals surface area contributed by atoms with E-state index < -0.39 is 5.97 Å². The number of nitrogens with one attached hydrogen (secondary N) is 1. The summed E-state index contributed by atoms with van der Waals surface area (Å²) in [6, 6.07) is -0.265. The normalized spacial score (nSPS) is 18.9. The minimum absolute atomic E-state index is 0.0350. The largest absolute Gasteiger partial charge is 0.481 e. The van der Waals surface area contributed by atoms with E-state index >= 15 is 0 Å². The second-order valence-corrected chi connectivity index (χ2v) is 4.34. The average molecular weight is 253 g/mol. The third-order valence-electron chi connectivity index (χ3n) is 2.97. The van der Waals surface area contributed by atoms with Gasteiger partial charge in [-0.1, -0.05) is 0 Å². The molecule has 1 atom stereocenters. The molecule has 0 saturated carbocycles. The third kappa shape index (κ3) is 2.76. The first-order valence-corrected chi connectivity index (χ1v) is 5.68. The summed E-state index contributed by atoms with van der Waals surface area (Å²) in [6.45, 7) is 1.04. The van der Waals surface area contributed by atoms with E-state index in [4.69, 9.17) is 5.11 Å². The Labute approximate surface area is 104 Å². The molecule has 8 heteroatoms. The summed E-state index contributed by atoms with van der Waals surface area (Å²) in [5.41, 5.74) is 0. The number of nitrogens with zero attached hydrogens (tertiary/aromatic N) is 4. The Morgan fingerprint density at radius 3 is 3.00 bits per heavy atom. The molecule has 2 N–H and O–H groups in total. The fraction of sp³-hybridized carbons (Fsp3) is 0.600. The van der Waals surface area contributed by atoms with Crippen LogP contribution in [-0.2, 0) is 11.8 Å². The molecule has 2 rings (SSSR count). The fourth-order valence-corrected chi connectivity index (χ4v) is 2.01. The SMILES string of the molecule is Cn1ncnc1NC(=O)N1CCC(CC(=O)O)C1. The van der Waals surface area contributed by atoms with Crippen molar-refractivity contribution in [1.29, 1.82) is 0 Å².